The molecule has 0 radical (unpaired) electrons. The molecule has 2 nitrogen and oxygen atoms in total. The molecule has 0 amide bonds. The monoisotopic (exact) mass is 148 g/mol. The Balaban J connectivity index is 2.06. The molecule has 1 aromatic carbocycles. The van der Waals surface area contributed by atoms with Crippen molar-refractivity contribution in [3.63, 3.8) is 0 Å². The van der Waals surface area contributed by atoms with Crippen LogP contribution in [0.3, 0.4) is 0 Å². The van der Waals surface area contributed by atoms with Crippen molar-refractivity contribution in [1.29, 1.82) is 0 Å². The topological polar surface area (TPSA) is 38.0 Å². The molecule has 0 aliphatic heterocycles. The van der Waals surface area contributed by atoms with Crippen LogP contribution in [0.2, 0.25) is 0 Å². The molecule has 1 fully saturated rings. The maximum absolute atomic E-state index is 5.55. The van der Waals surface area contributed by atoms with Crippen molar-refractivity contribution in [3.05, 3.63) is 24.3 Å². The van der Waals surface area contributed by atoms with Crippen LogP contribution in [0.4, 0.5) is 11.4 Å². The molecule has 0 heterocycles. The predicted molar refractivity (Wildman–Crippen MR) is 47.5 cm³/mol. The molecule has 0 saturated heterocycles. The molecule has 0 unspecified atom stereocenters. The van der Waals surface area contributed by atoms with Crippen molar-refractivity contribution >= 4 is 11.4 Å². The first kappa shape index (κ1) is 6.53. The maximum atomic E-state index is 5.55. The van der Waals surface area contributed by atoms with Crippen LogP contribution in [0.1, 0.15) is 12.8 Å². The van der Waals surface area contributed by atoms with Crippen molar-refractivity contribution in [2.24, 2.45) is 0 Å². The summed E-state index contributed by atoms with van der Waals surface area (Å²) in [6.07, 6.45) is 2.62. The number of nitrogens with two attached hydrogens (primary N) is 1. The zero-order chi connectivity index (χ0) is 7.68. The minimum absolute atomic E-state index is 0.721. The van der Waals surface area contributed by atoms with Gasteiger partial charge in [0.2, 0.25) is 0 Å². The summed E-state index contributed by atoms with van der Waals surface area (Å²) in [5.41, 5.74) is 7.55. The lowest BCUT2D eigenvalue weighted by Gasteiger charge is -2.03. The summed E-state index contributed by atoms with van der Waals surface area (Å²) in [6, 6.07) is 8.61. The van der Waals surface area contributed by atoms with Gasteiger partial charge >= 0.3 is 0 Å². The summed E-state index contributed by atoms with van der Waals surface area (Å²) < 4.78 is 0. The first-order chi connectivity index (χ1) is 5.34. The summed E-state index contributed by atoms with van der Waals surface area (Å²) in [4.78, 5) is 0. The molecule has 2 heteroatoms. The summed E-state index contributed by atoms with van der Waals surface area (Å²) >= 11 is 0. The van der Waals surface area contributed by atoms with Gasteiger partial charge in [0, 0.05) is 17.4 Å². The second kappa shape index (κ2) is 2.46. The van der Waals surface area contributed by atoms with E-state index in [-0.39, 0.29) is 0 Å². The van der Waals surface area contributed by atoms with Crippen LogP contribution < -0.4 is 11.1 Å². The Morgan fingerprint density at radius 2 is 1.82 bits per heavy atom. The maximum Gasteiger partial charge on any atom is 0.0343 e. The SMILES string of the molecule is Nc1ccc(NC2CC2)cc1. The Morgan fingerprint density at radius 1 is 1.18 bits per heavy atom. The fourth-order valence-corrected chi connectivity index (χ4v) is 1.04. The lowest BCUT2D eigenvalue weighted by Crippen LogP contribution is -2.00. The predicted octanol–water partition coefficient (Wildman–Crippen LogP) is 1.84. The molecule has 3 N–H and O–H groups in total. The number of rotatable bonds is 2. The van der Waals surface area contributed by atoms with Gasteiger partial charge < -0.3 is 11.1 Å². The van der Waals surface area contributed by atoms with Gasteiger partial charge in [0.05, 0.1) is 0 Å². The third kappa shape index (κ3) is 1.64. The molecule has 58 valence electrons. The van der Waals surface area contributed by atoms with Gasteiger partial charge in [-0.3, -0.25) is 0 Å². The molecule has 0 spiro atoms. The van der Waals surface area contributed by atoms with Crippen LogP contribution in [0.25, 0.3) is 0 Å². The first-order valence-corrected chi connectivity index (χ1v) is 3.97. The Kier molecular flexibility index (Phi) is 1.46. The number of nitrogens with one attached hydrogen (secondary N) is 1. The highest BCUT2D eigenvalue weighted by Gasteiger charge is 2.20. The number of anilines is 2. The van der Waals surface area contributed by atoms with E-state index in [4.69, 9.17) is 5.73 Å². The fraction of sp³-hybridized carbons (Fsp3) is 0.333. The minimum Gasteiger partial charge on any atom is -0.399 e. The fourth-order valence-electron chi connectivity index (χ4n) is 1.04. The van der Waals surface area contributed by atoms with Gasteiger partial charge in [0.25, 0.3) is 0 Å². The van der Waals surface area contributed by atoms with Gasteiger partial charge in [-0.15, -0.1) is 0 Å². The second-order valence-electron chi connectivity index (χ2n) is 3.04. The van der Waals surface area contributed by atoms with Gasteiger partial charge in [0.15, 0.2) is 0 Å². The average molecular weight is 148 g/mol. The molecule has 1 saturated carbocycles. The van der Waals surface area contributed by atoms with Gasteiger partial charge in [-0.2, -0.15) is 0 Å². The molecule has 0 bridgehead atoms. The highest BCUT2D eigenvalue weighted by molar-refractivity contribution is 5.52. The quantitative estimate of drug-likeness (QED) is 0.628. The van der Waals surface area contributed by atoms with E-state index in [9.17, 15) is 0 Å². The van der Waals surface area contributed by atoms with Crippen molar-refractivity contribution in [3.8, 4) is 0 Å². The van der Waals surface area contributed by atoms with Crippen molar-refractivity contribution < 1.29 is 0 Å². The van der Waals surface area contributed by atoms with E-state index in [2.05, 4.69) is 5.32 Å². The smallest absolute Gasteiger partial charge is 0.0343 e. The molecule has 1 aliphatic carbocycles. The third-order valence-electron chi connectivity index (χ3n) is 1.86. The summed E-state index contributed by atoms with van der Waals surface area (Å²) in [6.45, 7) is 0. The van der Waals surface area contributed by atoms with E-state index in [0.717, 1.165) is 11.7 Å². The van der Waals surface area contributed by atoms with Crippen LogP contribution >= 0.6 is 0 Å². The number of hydrogen-bond acceptors (Lipinski definition) is 2. The van der Waals surface area contributed by atoms with Gasteiger partial charge in [-0.1, -0.05) is 0 Å². The number of hydrogen-bond donors (Lipinski definition) is 2. The van der Waals surface area contributed by atoms with Crippen LogP contribution in [-0.4, -0.2) is 6.04 Å². The van der Waals surface area contributed by atoms with E-state index in [1.165, 1.54) is 18.5 Å². The first-order valence-electron chi connectivity index (χ1n) is 3.97. The highest BCUT2D eigenvalue weighted by Crippen LogP contribution is 2.24. The minimum atomic E-state index is 0.721. The zero-order valence-electron chi connectivity index (χ0n) is 6.38. The zero-order valence-corrected chi connectivity index (χ0v) is 6.38. The molecule has 0 atom stereocenters. The average Bonchev–Trinajstić information content (AvgIpc) is 2.78. The third-order valence-corrected chi connectivity index (χ3v) is 1.86. The van der Waals surface area contributed by atoms with Crippen LogP contribution in [-0.2, 0) is 0 Å². The molecular formula is C9H12N2. The van der Waals surface area contributed by atoms with E-state index >= 15 is 0 Å². The van der Waals surface area contributed by atoms with E-state index in [1.54, 1.807) is 0 Å². The standard InChI is InChI=1S/C9H12N2/c10-7-1-3-8(4-2-7)11-9-5-6-9/h1-4,9,11H,5-6,10H2. The summed E-state index contributed by atoms with van der Waals surface area (Å²) in [5.74, 6) is 0. The molecular weight excluding hydrogens is 136 g/mol. The van der Waals surface area contributed by atoms with Crippen molar-refractivity contribution in [2.45, 2.75) is 18.9 Å². The Bertz CT molecular complexity index is 236. The second-order valence-corrected chi connectivity index (χ2v) is 3.04. The van der Waals surface area contributed by atoms with Crippen LogP contribution in [0, 0.1) is 0 Å². The summed E-state index contributed by atoms with van der Waals surface area (Å²) in [7, 11) is 0. The molecule has 1 aromatic rings. The highest BCUT2D eigenvalue weighted by atomic mass is 14.9. The molecule has 2 rings (SSSR count). The molecule has 11 heavy (non-hydrogen) atoms. The molecule has 0 aromatic heterocycles. The summed E-state index contributed by atoms with van der Waals surface area (Å²) in [5, 5.41) is 3.39. The number of nitrogen functional groups attached to an aromatic ring is 1. The van der Waals surface area contributed by atoms with Gasteiger partial charge in [-0.25, -0.2) is 0 Å². The largest absolute Gasteiger partial charge is 0.399 e. The Morgan fingerprint density at radius 3 is 2.36 bits per heavy atom. The Labute approximate surface area is 66.4 Å². The lowest BCUT2D eigenvalue weighted by molar-refractivity contribution is 1.16. The van der Waals surface area contributed by atoms with Crippen molar-refractivity contribution in [1.82, 2.24) is 0 Å². The molecule has 1 aliphatic rings. The van der Waals surface area contributed by atoms with Crippen molar-refractivity contribution in [2.75, 3.05) is 11.1 Å². The number of benzene rings is 1. The lowest BCUT2D eigenvalue weighted by atomic mass is 10.3. The van der Waals surface area contributed by atoms with E-state index in [0.29, 0.717) is 0 Å². The van der Waals surface area contributed by atoms with Crippen LogP contribution in [0.5, 0.6) is 0 Å². The normalized spacial score (nSPS) is 16.4. The van der Waals surface area contributed by atoms with Gasteiger partial charge in [0.1, 0.15) is 0 Å². The Hall–Kier alpha value is -1.18. The van der Waals surface area contributed by atoms with Gasteiger partial charge in [-0.05, 0) is 37.1 Å². The van der Waals surface area contributed by atoms with Crippen LogP contribution in [0.15, 0.2) is 24.3 Å². The van der Waals surface area contributed by atoms with E-state index in [1.807, 2.05) is 24.3 Å². The van der Waals surface area contributed by atoms with E-state index < -0.39 is 0 Å².